The lowest BCUT2D eigenvalue weighted by Crippen LogP contribution is -2.50. The summed E-state index contributed by atoms with van der Waals surface area (Å²) in [4.78, 5) is 28.4. The molecule has 6 nitrogen and oxygen atoms in total. The van der Waals surface area contributed by atoms with Crippen LogP contribution in [-0.4, -0.2) is 48.0 Å². The summed E-state index contributed by atoms with van der Waals surface area (Å²) < 4.78 is 0. The van der Waals surface area contributed by atoms with Crippen LogP contribution in [0.4, 0.5) is 11.4 Å². The average Bonchev–Trinajstić information content (AvgIpc) is 2.60. The van der Waals surface area contributed by atoms with Crippen LogP contribution >= 0.6 is 23.8 Å². The number of carbonyl (C=O) groups excluding carboxylic acids is 2. The van der Waals surface area contributed by atoms with Gasteiger partial charge in [0.1, 0.15) is 0 Å². The molecular formula is C20H29ClN4O2S. The Morgan fingerprint density at radius 3 is 2.29 bits per heavy atom. The fourth-order valence-corrected chi connectivity index (χ4v) is 3.39. The highest BCUT2D eigenvalue weighted by Crippen LogP contribution is 2.34. The first-order valence-electron chi connectivity index (χ1n) is 9.45. The first-order valence-corrected chi connectivity index (χ1v) is 10.2. The second-order valence-electron chi connectivity index (χ2n) is 8.26. The van der Waals surface area contributed by atoms with Gasteiger partial charge in [0.25, 0.3) is 0 Å². The molecule has 154 valence electrons. The molecular weight excluding hydrogens is 396 g/mol. The quantitative estimate of drug-likeness (QED) is 0.727. The zero-order valence-electron chi connectivity index (χ0n) is 17.1. The second kappa shape index (κ2) is 9.09. The monoisotopic (exact) mass is 424 g/mol. The van der Waals surface area contributed by atoms with Crippen molar-refractivity contribution in [3.05, 3.63) is 23.2 Å². The van der Waals surface area contributed by atoms with Crippen LogP contribution in [0.2, 0.25) is 5.02 Å². The molecule has 1 aliphatic rings. The number of benzene rings is 1. The van der Waals surface area contributed by atoms with Crippen LogP contribution in [0.5, 0.6) is 0 Å². The lowest BCUT2D eigenvalue weighted by molar-refractivity contribution is -0.134. The highest BCUT2D eigenvalue weighted by molar-refractivity contribution is 7.80. The zero-order valence-corrected chi connectivity index (χ0v) is 18.7. The third-order valence-corrected chi connectivity index (χ3v) is 5.05. The highest BCUT2D eigenvalue weighted by atomic mass is 35.5. The first-order chi connectivity index (χ1) is 13.0. The van der Waals surface area contributed by atoms with Crippen LogP contribution in [0, 0.1) is 11.3 Å². The number of hydrogen-bond donors (Lipinski definition) is 2. The van der Waals surface area contributed by atoms with E-state index >= 15 is 0 Å². The van der Waals surface area contributed by atoms with E-state index < -0.39 is 5.41 Å². The van der Waals surface area contributed by atoms with E-state index in [1.54, 1.807) is 0 Å². The number of rotatable bonds is 3. The van der Waals surface area contributed by atoms with Gasteiger partial charge in [-0.25, -0.2) is 0 Å². The highest BCUT2D eigenvalue weighted by Gasteiger charge is 2.26. The van der Waals surface area contributed by atoms with Gasteiger partial charge in [-0.05, 0) is 24.4 Å². The van der Waals surface area contributed by atoms with E-state index in [2.05, 4.69) is 15.5 Å². The number of hydrogen-bond acceptors (Lipinski definition) is 4. The minimum atomic E-state index is -0.540. The standard InChI is InChI=1S/C20H29ClN4O2S/c1-13(2)17(26)25-11-9-24(10-12-25)16-14(21)7-6-8-15(16)22-19(28)23-18(27)20(3,4)5/h6-8,13H,9-12H2,1-5H3,(H2,22,23,27,28). The summed E-state index contributed by atoms with van der Waals surface area (Å²) >= 11 is 11.8. The van der Waals surface area contributed by atoms with Gasteiger partial charge in [0, 0.05) is 37.5 Å². The van der Waals surface area contributed by atoms with E-state index in [4.69, 9.17) is 23.8 Å². The van der Waals surface area contributed by atoms with Crippen LogP contribution in [0.25, 0.3) is 0 Å². The summed E-state index contributed by atoms with van der Waals surface area (Å²) in [5, 5.41) is 6.65. The van der Waals surface area contributed by atoms with Gasteiger partial charge in [-0.2, -0.15) is 0 Å². The van der Waals surface area contributed by atoms with E-state index in [1.165, 1.54) is 0 Å². The maximum absolute atomic E-state index is 12.2. The van der Waals surface area contributed by atoms with Crippen LogP contribution < -0.4 is 15.5 Å². The molecule has 0 radical (unpaired) electrons. The van der Waals surface area contributed by atoms with Crippen molar-refractivity contribution in [2.45, 2.75) is 34.6 Å². The van der Waals surface area contributed by atoms with Gasteiger partial charge in [0.05, 0.1) is 16.4 Å². The number of carbonyl (C=O) groups is 2. The summed E-state index contributed by atoms with van der Waals surface area (Å²) in [5.74, 6) is 0.00510. The fraction of sp³-hybridized carbons (Fsp3) is 0.550. The van der Waals surface area contributed by atoms with E-state index in [9.17, 15) is 9.59 Å². The molecule has 2 amide bonds. The van der Waals surface area contributed by atoms with Crippen molar-refractivity contribution in [2.24, 2.45) is 11.3 Å². The molecule has 1 aliphatic heterocycles. The molecule has 1 saturated heterocycles. The Balaban J connectivity index is 2.11. The Labute approximate surface area is 177 Å². The predicted octanol–water partition coefficient (Wildman–Crippen LogP) is 3.50. The summed E-state index contributed by atoms with van der Waals surface area (Å²) in [6.07, 6.45) is 0. The molecule has 0 spiro atoms. The number of piperazine rings is 1. The molecule has 1 fully saturated rings. The van der Waals surface area contributed by atoms with Gasteiger partial charge in [0.2, 0.25) is 11.8 Å². The van der Waals surface area contributed by atoms with E-state index in [0.717, 1.165) is 11.4 Å². The topological polar surface area (TPSA) is 64.7 Å². The van der Waals surface area contributed by atoms with Gasteiger partial charge >= 0.3 is 0 Å². The van der Waals surface area contributed by atoms with Crippen molar-refractivity contribution >= 4 is 52.1 Å². The number of nitrogens with zero attached hydrogens (tertiary/aromatic N) is 2. The van der Waals surface area contributed by atoms with Crippen LogP contribution in [0.1, 0.15) is 34.6 Å². The summed E-state index contributed by atoms with van der Waals surface area (Å²) in [6, 6.07) is 5.54. The van der Waals surface area contributed by atoms with Gasteiger partial charge in [-0.3, -0.25) is 9.59 Å². The molecule has 0 aliphatic carbocycles. The SMILES string of the molecule is CC(C)C(=O)N1CCN(c2c(Cl)cccc2NC(=S)NC(=O)C(C)(C)C)CC1. The number of amides is 2. The normalized spacial score (nSPS) is 14.8. The number of nitrogens with one attached hydrogen (secondary N) is 2. The number of halogens is 1. The molecule has 28 heavy (non-hydrogen) atoms. The third kappa shape index (κ3) is 5.58. The maximum Gasteiger partial charge on any atom is 0.231 e. The molecule has 0 bridgehead atoms. The number of thiocarbonyl (C=S) groups is 1. The van der Waals surface area contributed by atoms with Gasteiger partial charge in [0.15, 0.2) is 5.11 Å². The summed E-state index contributed by atoms with van der Waals surface area (Å²) in [5.41, 5.74) is 1.02. The summed E-state index contributed by atoms with van der Waals surface area (Å²) in [6.45, 7) is 12.0. The van der Waals surface area contributed by atoms with Crippen LogP contribution in [0.3, 0.4) is 0 Å². The lowest BCUT2D eigenvalue weighted by Gasteiger charge is -2.38. The molecule has 1 aromatic carbocycles. The van der Waals surface area contributed by atoms with Crippen molar-refractivity contribution in [3.8, 4) is 0 Å². The number of anilines is 2. The van der Waals surface area contributed by atoms with Crippen LogP contribution in [-0.2, 0) is 9.59 Å². The molecule has 0 atom stereocenters. The van der Waals surface area contributed by atoms with Crippen molar-refractivity contribution in [1.82, 2.24) is 10.2 Å². The third-order valence-electron chi connectivity index (χ3n) is 4.54. The Morgan fingerprint density at radius 1 is 1.14 bits per heavy atom. The predicted molar refractivity (Wildman–Crippen MR) is 119 cm³/mol. The van der Waals surface area contributed by atoms with Crippen molar-refractivity contribution < 1.29 is 9.59 Å². The average molecular weight is 425 g/mol. The Morgan fingerprint density at radius 2 is 1.75 bits per heavy atom. The molecule has 8 heteroatoms. The zero-order chi connectivity index (χ0) is 21.1. The molecule has 0 aromatic heterocycles. The van der Waals surface area contributed by atoms with Crippen molar-refractivity contribution in [1.29, 1.82) is 0 Å². The molecule has 2 N–H and O–H groups in total. The van der Waals surface area contributed by atoms with Gasteiger partial charge in [-0.1, -0.05) is 52.3 Å². The smallest absolute Gasteiger partial charge is 0.231 e. The van der Waals surface area contributed by atoms with Gasteiger partial charge in [-0.15, -0.1) is 0 Å². The molecule has 2 rings (SSSR count). The molecule has 0 unspecified atom stereocenters. The minimum absolute atomic E-state index is 0.00658. The van der Waals surface area contributed by atoms with E-state index in [1.807, 2.05) is 57.7 Å². The second-order valence-corrected chi connectivity index (χ2v) is 9.08. The Kier molecular flexibility index (Phi) is 7.28. The van der Waals surface area contributed by atoms with Crippen LogP contribution in [0.15, 0.2) is 18.2 Å². The van der Waals surface area contributed by atoms with E-state index in [0.29, 0.717) is 31.2 Å². The minimum Gasteiger partial charge on any atom is -0.365 e. The number of para-hydroxylation sites is 1. The van der Waals surface area contributed by atoms with Crippen molar-refractivity contribution in [2.75, 3.05) is 36.4 Å². The van der Waals surface area contributed by atoms with Crippen molar-refractivity contribution in [3.63, 3.8) is 0 Å². The maximum atomic E-state index is 12.2. The lowest BCUT2D eigenvalue weighted by atomic mass is 9.96. The van der Waals surface area contributed by atoms with Gasteiger partial charge < -0.3 is 20.4 Å². The first kappa shape index (κ1) is 22.4. The summed E-state index contributed by atoms with van der Waals surface area (Å²) in [7, 11) is 0. The molecule has 0 saturated carbocycles. The Bertz CT molecular complexity index is 753. The molecule has 1 aromatic rings. The fourth-order valence-electron chi connectivity index (χ4n) is 2.90. The molecule has 1 heterocycles. The largest absolute Gasteiger partial charge is 0.365 e. The van der Waals surface area contributed by atoms with E-state index in [-0.39, 0.29) is 22.8 Å². The Hall–Kier alpha value is -1.86.